The van der Waals surface area contributed by atoms with E-state index in [1.807, 2.05) is 6.92 Å². The maximum atomic E-state index is 12.2. The van der Waals surface area contributed by atoms with Gasteiger partial charge in [-0.05, 0) is 19.1 Å². The van der Waals surface area contributed by atoms with Crippen molar-refractivity contribution < 1.29 is 19.4 Å². The summed E-state index contributed by atoms with van der Waals surface area (Å²) in [4.78, 5) is 24.7. The van der Waals surface area contributed by atoms with Gasteiger partial charge in [-0.2, -0.15) is 0 Å². The van der Waals surface area contributed by atoms with Crippen LogP contribution < -0.4 is 0 Å². The molecule has 0 fully saturated rings. The van der Waals surface area contributed by atoms with Gasteiger partial charge in [0, 0.05) is 14.2 Å². The van der Waals surface area contributed by atoms with Crippen molar-refractivity contribution in [3.8, 4) is 0 Å². The quantitative estimate of drug-likeness (QED) is 0.861. The number of hydrogen-bond donors (Lipinski definition) is 1. The molecule has 1 aromatic carbocycles. The molecule has 0 saturated heterocycles. The van der Waals surface area contributed by atoms with Gasteiger partial charge < -0.3 is 14.7 Å². The van der Waals surface area contributed by atoms with Gasteiger partial charge in [0.25, 0.3) is 5.91 Å². The Morgan fingerprint density at radius 1 is 1.33 bits per heavy atom. The highest BCUT2D eigenvalue weighted by atomic mass is 16.5. The summed E-state index contributed by atoms with van der Waals surface area (Å²) in [7, 11) is 3.19. The molecule has 1 atom stereocenters. The lowest BCUT2D eigenvalue weighted by atomic mass is 10.1. The van der Waals surface area contributed by atoms with Crippen molar-refractivity contribution in [1.29, 1.82) is 0 Å². The summed E-state index contributed by atoms with van der Waals surface area (Å²) in [6, 6.07) is 6.06. The molecule has 5 nitrogen and oxygen atoms in total. The van der Waals surface area contributed by atoms with Crippen molar-refractivity contribution >= 4 is 11.9 Å². The Balaban J connectivity index is 3.00. The first kappa shape index (κ1) is 14.2. The first-order valence-electron chi connectivity index (χ1n) is 5.57. The summed E-state index contributed by atoms with van der Waals surface area (Å²) in [6.45, 7) is 2.24. The number of likely N-dealkylation sites (N-methyl/N-ethyl adjacent to an activating group) is 1. The van der Waals surface area contributed by atoms with Crippen molar-refractivity contribution in [2.45, 2.75) is 13.0 Å². The van der Waals surface area contributed by atoms with Gasteiger partial charge in [0.15, 0.2) is 0 Å². The van der Waals surface area contributed by atoms with Crippen LogP contribution in [0.25, 0.3) is 0 Å². The average Bonchev–Trinajstić information content (AvgIpc) is 2.37. The predicted molar refractivity (Wildman–Crippen MR) is 66.8 cm³/mol. The fourth-order valence-electron chi connectivity index (χ4n) is 1.60. The molecule has 1 amide bonds. The molecule has 0 radical (unpaired) electrons. The topological polar surface area (TPSA) is 66.8 Å². The Kier molecular flexibility index (Phi) is 4.85. The van der Waals surface area contributed by atoms with Crippen molar-refractivity contribution in [2.24, 2.45) is 0 Å². The molecule has 0 aliphatic heterocycles. The fourth-order valence-corrected chi connectivity index (χ4v) is 1.60. The van der Waals surface area contributed by atoms with Gasteiger partial charge in [0.05, 0.1) is 23.8 Å². The van der Waals surface area contributed by atoms with Crippen LogP contribution in [0.15, 0.2) is 24.3 Å². The van der Waals surface area contributed by atoms with E-state index in [4.69, 9.17) is 9.84 Å². The molecule has 0 heterocycles. The summed E-state index contributed by atoms with van der Waals surface area (Å²) in [5.74, 6) is -1.43. The van der Waals surface area contributed by atoms with Crippen LogP contribution in [-0.4, -0.2) is 48.7 Å². The van der Waals surface area contributed by atoms with Crippen molar-refractivity contribution in [3.63, 3.8) is 0 Å². The molecule has 1 aromatic rings. The molecule has 0 spiro atoms. The zero-order valence-electron chi connectivity index (χ0n) is 10.7. The maximum Gasteiger partial charge on any atom is 0.336 e. The number of carboxylic acids is 1. The van der Waals surface area contributed by atoms with Gasteiger partial charge in [0.2, 0.25) is 0 Å². The number of carbonyl (C=O) groups is 2. The van der Waals surface area contributed by atoms with E-state index in [1.54, 1.807) is 26.3 Å². The fraction of sp³-hybridized carbons (Fsp3) is 0.385. The molecular formula is C13H17NO4. The van der Waals surface area contributed by atoms with E-state index in [2.05, 4.69) is 0 Å². The monoisotopic (exact) mass is 251 g/mol. The number of carboxylic acid groups (broad SMARTS) is 1. The third-order valence-corrected chi connectivity index (χ3v) is 2.78. The average molecular weight is 251 g/mol. The number of benzene rings is 1. The molecule has 0 saturated carbocycles. The number of ether oxygens (including phenoxy) is 1. The molecular weight excluding hydrogens is 234 g/mol. The van der Waals surface area contributed by atoms with E-state index in [0.29, 0.717) is 6.61 Å². The number of nitrogens with zero attached hydrogens (tertiary/aromatic N) is 1. The summed E-state index contributed by atoms with van der Waals surface area (Å²) >= 11 is 0. The number of aromatic carboxylic acids is 1. The van der Waals surface area contributed by atoms with Gasteiger partial charge in [-0.15, -0.1) is 0 Å². The summed E-state index contributed by atoms with van der Waals surface area (Å²) in [5, 5.41) is 9.04. The van der Waals surface area contributed by atoms with E-state index in [0.717, 1.165) is 0 Å². The van der Waals surface area contributed by atoms with Gasteiger partial charge in [-0.25, -0.2) is 4.79 Å². The molecule has 18 heavy (non-hydrogen) atoms. The zero-order valence-corrected chi connectivity index (χ0v) is 10.7. The summed E-state index contributed by atoms with van der Waals surface area (Å²) in [5.41, 5.74) is 0.203. The van der Waals surface area contributed by atoms with Crippen LogP contribution in [0.4, 0.5) is 0 Å². The molecule has 0 aliphatic rings. The van der Waals surface area contributed by atoms with Crippen molar-refractivity contribution in [3.05, 3.63) is 35.4 Å². The second-order valence-corrected chi connectivity index (χ2v) is 4.07. The number of amides is 1. The highest BCUT2D eigenvalue weighted by molar-refractivity contribution is 6.04. The van der Waals surface area contributed by atoms with E-state index < -0.39 is 5.97 Å². The van der Waals surface area contributed by atoms with Gasteiger partial charge in [-0.3, -0.25) is 4.79 Å². The van der Waals surface area contributed by atoms with Gasteiger partial charge in [0.1, 0.15) is 0 Å². The third-order valence-electron chi connectivity index (χ3n) is 2.78. The minimum atomic E-state index is -1.10. The standard InChI is InChI=1S/C13H17NO4/c1-9(8-18-3)14(2)12(15)10-6-4-5-7-11(10)13(16)17/h4-7,9H,8H2,1-3H3,(H,16,17). The molecule has 0 aromatic heterocycles. The zero-order chi connectivity index (χ0) is 13.7. The van der Waals surface area contributed by atoms with Gasteiger partial charge >= 0.3 is 5.97 Å². The number of carbonyl (C=O) groups excluding carboxylic acids is 1. The molecule has 1 rings (SSSR count). The van der Waals surface area contributed by atoms with Crippen molar-refractivity contribution in [2.75, 3.05) is 20.8 Å². The third kappa shape index (κ3) is 3.07. The molecule has 5 heteroatoms. The van der Waals surface area contributed by atoms with Gasteiger partial charge in [-0.1, -0.05) is 12.1 Å². The second kappa shape index (κ2) is 6.16. The van der Waals surface area contributed by atoms with Crippen LogP contribution in [-0.2, 0) is 4.74 Å². The minimum absolute atomic E-state index is 0.0129. The number of hydrogen-bond acceptors (Lipinski definition) is 3. The molecule has 98 valence electrons. The Labute approximate surface area is 106 Å². The highest BCUT2D eigenvalue weighted by Gasteiger charge is 2.22. The van der Waals surface area contributed by atoms with E-state index in [1.165, 1.54) is 17.0 Å². The molecule has 1 N–H and O–H groups in total. The lowest BCUT2D eigenvalue weighted by Gasteiger charge is -2.24. The normalized spacial score (nSPS) is 11.9. The Morgan fingerprint density at radius 3 is 2.39 bits per heavy atom. The lowest BCUT2D eigenvalue weighted by molar-refractivity contribution is 0.0614. The van der Waals surface area contributed by atoms with Crippen LogP contribution >= 0.6 is 0 Å². The first-order valence-corrected chi connectivity index (χ1v) is 5.57. The van der Waals surface area contributed by atoms with E-state index in [-0.39, 0.29) is 23.1 Å². The smallest absolute Gasteiger partial charge is 0.336 e. The Bertz CT molecular complexity index is 444. The Morgan fingerprint density at radius 2 is 1.89 bits per heavy atom. The largest absolute Gasteiger partial charge is 0.478 e. The van der Waals surface area contributed by atoms with Crippen LogP contribution in [0.3, 0.4) is 0 Å². The summed E-state index contributed by atoms with van der Waals surface area (Å²) in [6.07, 6.45) is 0. The molecule has 0 aliphatic carbocycles. The van der Waals surface area contributed by atoms with Crippen LogP contribution in [0, 0.1) is 0 Å². The Hall–Kier alpha value is -1.88. The minimum Gasteiger partial charge on any atom is -0.478 e. The lowest BCUT2D eigenvalue weighted by Crippen LogP contribution is -2.38. The highest BCUT2D eigenvalue weighted by Crippen LogP contribution is 2.13. The van der Waals surface area contributed by atoms with Crippen LogP contribution in [0.2, 0.25) is 0 Å². The molecule has 1 unspecified atom stereocenters. The first-order chi connectivity index (χ1) is 8.49. The second-order valence-electron chi connectivity index (χ2n) is 4.07. The number of methoxy groups -OCH3 is 1. The summed E-state index contributed by atoms with van der Waals surface area (Å²) < 4.78 is 4.98. The van der Waals surface area contributed by atoms with E-state index >= 15 is 0 Å². The van der Waals surface area contributed by atoms with Crippen molar-refractivity contribution in [1.82, 2.24) is 4.90 Å². The molecule has 0 bridgehead atoms. The maximum absolute atomic E-state index is 12.2. The SMILES string of the molecule is COCC(C)N(C)C(=O)c1ccccc1C(=O)O. The number of rotatable bonds is 5. The van der Waals surface area contributed by atoms with E-state index in [9.17, 15) is 9.59 Å². The van der Waals surface area contributed by atoms with Crippen LogP contribution in [0.1, 0.15) is 27.6 Å². The predicted octanol–water partition coefficient (Wildman–Crippen LogP) is 1.49. The van der Waals surface area contributed by atoms with Crippen LogP contribution in [0.5, 0.6) is 0 Å².